The Morgan fingerprint density at radius 3 is 2.46 bits per heavy atom. The highest BCUT2D eigenvalue weighted by molar-refractivity contribution is 6.30. The van der Waals surface area contributed by atoms with Crippen LogP contribution in [0.1, 0.15) is 5.56 Å². The van der Waals surface area contributed by atoms with Crippen LogP contribution in [0.5, 0.6) is 5.75 Å². The lowest BCUT2D eigenvalue weighted by molar-refractivity contribution is -0.274. The normalized spacial score (nSPS) is 11.5. The summed E-state index contributed by atoms with van der Waals surface area (Å²) in [5, 5.41) is 0.0965. The van der Waals surface area contributed by atoms with Crippen LogP contribution in [0.2, 0.25) is 5.02 Å². The Labute approximate surface area is 78.1 Å². The van der Waals surface area contributed by atoms with Gasteiger partial charge in [-0.2, -0.15) is 0 Å². The van der Waals surface area contributed by atoms with Gasteiger partial charge in [-0.3, -0.25) is 0 Å². The molecule has 0 saturated heterocycles. The molecule has 0 saturated carbocycles. The maximum absolute atomic E-state index is 11.7. The Morgan fingerprint density at radius 2 is 2.00 bits per heavy atom. The van der Waals surface area contributed by atoms with Crippen LogP contribution in [-0.2, 0) is 0 Å². The van der Waals surface area contributed by atoms with Crippen LogP contribution >= 0.6 is 11.6 Å². The molecule has 0 unspecified atom stereocenters. The molecular weight excluding hydrogens is 205 g/mol. The number of hydrogen-bond donors (Lipinski definition) is 0. The lowest BCUT2D eigenvalue weighted by Gasteiger charge is -2.08. The monoisotopic (exact) mass is 209 g/mol. The van der Waals surface area contributed by atoms with Crippen molar-refractivity contribution in [2.75, 3.05) is 0 Å². The average Bonchev–Trinajstić information content (AvgIpc) is 1.78. The molecule has 0 aromatic heterocycles. The summed E-state index contributed by atoms with van der Waals surface area (Å²) in [6.45, 7) is 1.61. The summed E-state index contributed by atoms with van der Waals surface area (Å²) in [4.78, 5) is 0. The molecule has 1 aromatic carbocycles. The van der Waals surface area contributed by atoms with Crippen LogP contribution in [0.25, 0.3) is 0 Å². The Balaban J connectivity index is 2.90. The van der Waals surface area contributed by atoms with Crippen molar-refractivity contribution in [3.63, 3.8) is 0 Å². The Bertz CT molecular complexity index is 288. The van der Waals surface area contributed by atoms with E-state index in [1.54, 1.807) is 6.92 Å². The van der Waals surface area contributed by atoms with Crippen molar-refractivity contribution in [1.29, 1.82) is 0 Å². The molecule has 1 radical (unpaired) electrons. The third kappa shape index (κ3) is 3.55. The van der Waals surface area contributed by atoms with Gasteiger partial charge in [-0.1, -0.05) is 11.6 Å². The summed E-state index contributed by atoms with van der Waals surface area (Å²) in [5.74, 6) is -0.419. The lowest BCUT2D eigenvalue weighted by Crippen LogP contribution is -2.17. The van der Waals surface area contributed by atoms with Crippen LogP contribution in [0.4, 0.5) is 13.2 Å². The van der Waals surface area contributed by atoms with Gasteiger partial charge in [0, 0.05) is 6.07 Å². The smallest absolute Gasteiger partial charge is 0.405 e. The van der Waals surface area contributed by atoms with Gasteiger partial charge in [0.15, 0.2) is 0 Å². The fraction of sp³-hybridized carbons (Fsp3) is 0.250. The maximum Gasteiger partial charge on any atom is 0.573 e. The molecule has 0 aliphatic rings. The van der Waals surface area contributed by atoms with Crippen LogP contribution in [0.15, 0.2) is 12.1 Å². The van der Waals surface area contributed by atoms with Crippen molar-refractivity contribution in [3.05, 3.63) is 28.8 Å². The minimum atomic E-state index is -4.70. The van der Waals surface area contributed by atoms with Gasteiger partial charge < -0.3 is 4.74 Å². The highest BCUT2D eigenvalue weighted by atomic mass is 35.5. The number of rotatable bonds is 1. The number of alkyl halides is 3. The molecule has 1 nitrogen and oxygen atoms in total. The molecule has 13 heavy (non-hydrogen) atoms. The van der Waals surface area contributed by atoms with Crippen molar-refractivity contribution >= 4 is 11.6 Å². The Kier molecular flexibility index (Phi) is 2.71. The molecule has 71 valence electrons. The van der Waals surface area contributed by atoms with Crippen molar-refractivity contribution in [2.45, 2.75) is 13.3 Å². The quantitative estimate of drug-likeness (QED) is 0.689. The van der Waals surface area contributed by atoms with Gasteiger partial charge in [0.1, 0.15) is 5.75 Å². The van der Waals surface area contributed by atoms with Gasteiger partial charge in [0.25, 0.3) is 0 Å². The second kappa shape index (κ2) is 3.46. The minimum Gasteiger partial charge on any atom is -0.405 e. The number of halogens is 4. The van der Waals surface area contributed by atoms with Gasteiger partial charge in [0.2, 0.25) is 0 Å². The number of ether oxygens (including phenoxy) is 1. The molecule has 0 N–H and O–H groups in total. The summed E-state index contributed by atoms with van der Waals surface area (Å²) < 4.78 is 38.8. The van der Waals surface area contributed by atoms with E-state index in [0.29, 0.717) is 5.56 Å². The highest BCUT2D eigenvalue weighted by Crippen LogP contribution is 2.25. The number of aryl methyl sites for hydroxylation is 1. The molecule has 5 heteroatoms. The standard InChI is InChI=1S/C8H5ClF3O/c1-5-2-6(9)4-7(3-5)13-8(10,11)12/h2-3H,1H3. The van der Waals surface area contributed by atoms with Gasteiger partial charge in [0.05, 0.1) is 5.02 Å². The zero-order chi connectivity index (χ0) is 10.1. The lowest BCUT2D eigenvalue weighted by atomic mass is 10.2. The second-order valence-corrected chi connectivity index (χ2v) is 2.82. The highest BCUT2D eigenvalue weighted by Gasteiger charge is 2.31. The third-order valence-corrected chi connectivity index (χ3v) is 1.39. The Morgan fingerprint density at radius 1 is 1.38 bits per heavy atom. The van der Waals surface area contributed by atoms with Crippen LogP contribution in [0.3, 0.4) is 0 Å². The van der Waals surface area contributed by atoms with E-state index >= 15 is 0 Å². The molecule has 1 rings (SSSR count). The molecule has 1 aromatic rings. The molecule has 0 fully saturated rings. The van der Waals surface area contributed by atoms with Gasteiger partial charge in [-0.15, -0.1) is 13.2 Å². The minimum absolute atomic E-state index is 0.0965. The summed E-state index contributed by atoms with van der Waals surface area (Å²) in [5.41, 5.74) is 0.586. The second-order valence-electron chi connectivity index (χ2n) is 2.42. The largest absolute Gasteiger partial charge is 0.573 e. The number of hydrogen-bond acceptors (Lipinski definition) is 1. The van der Waals surface area contributed by atoms with Crippen molar-refractivity contribution in [1.82, 2.24) is 0 Å². The van der Waals surface area contributed by atoms with E-state index in [4.69, 9.17) is 11.6 Å². The zero-order valence-corrected chi connectivity index (χ0v) is 7.33. The van der Waals surface area contributed by atoms with Crippen molar-refractivity contribution in [3.8, 4) is 5.75 Å². The summed E-state index contributed by atoms with van der Waals surface area (Å²) in [7, 11) is 0. The molecule has 0 aliphatic carbocycles. The fourth-order valence-electron chi connectivity index (χ4n) is 0.818. The third-order valence-electron chi connectivity index (χ3n) is 1.18. The van der Waals surface area contributed by atoms with E-state index in [9.17, 15) is 13.2 Å². The average molecular weight is 210 g/mol. The summed E-state index contributed by atoms with van der Waals surface area (Å²) in [6.07, 6.45) is -4.70. The Hall–Kier alpha value is -0.900. The molecule has 0 heterocycles. The topological polar surface area (TPSA) is 9.23 Å². The molecule has 0 aliphatic heterocycles. The first-order valence-electron chi connectivity index (χ1n) is 3.32. The van der Waals surface area contributed by atoms with E-state index in [0.717, 1.165) is 0 Å². The molecule has 0 spiro atoms. The van der Waals surface area contributed by atoms with Gasteiger partial charge in [-0.25, -0.2) is 0 Å². The van der Waals surface area contributed by atoms with E-state index in [1.807, 2.05) is 0 Å². The summed E-state index contributed by atoms with van der Waals surface area (Å²) >= 11 is 5.48. The van der Waals surface area contributed by atoms with E-state index in [1.165, 1.54) is 12.1 Å². The maximum atomic E-state index is 11.7. The van der Waals surface area contributed by atoms with Crippen LogP contribution in [-0.4, -0.2) is 6.36 Å². The number of benzene rings is 1. The van der Waals surface area contributed by atoms with Gasteiger partial charge >= 0.3 is 6.36 Å². The first kappa shape index (κ1) is 10.2. The van der Waals surface area contributed by atoms with Crippen molar-refractivity contribution in [2.24, 2.45) is 0 Å². The molecule has 0 bridgehead atoms. The predicted octanol–water partition coefficient (Wildman–Crippen LogP) is 3.35. The van der Waals surface area contributed by atoms with Crippen LogP contribution in [0, 0.1) is 13.0 Å². The molecular formula is C8H5ClF3O. The SMILES string of the molecule is Cc1cc(Cl)[c]c(OC(F)(F)F)c1. The van der Waals surface area contributed by atoms with Crippen LogP contribution < -0.4 is 4.74 Å². The van der Waals surface area contributed by atoms with Gasteiger partial charge in [-0.05, 0) is 24.6 Å². The van der Waals surface area contributed by atoms with E-state index in [2.05, 4.69) is 10.8 Å². The zero-order valence-electron chi connectivity index (χ0n) is 6.57. The molecule has 0 amide bonds. The predicted molar refractivity (Wildman–Crippen MR) is 41.7 cm³/mol. The fourth-order valence-corrected chi connectivity index (χ4v) is 1.08. The van der Waals surface area contributed by atoms with E-state index < -0.39 is 12.1 Å². The summed E-state index contributed by atoms with van der Waals surface area (Å²) in [6, 6.07) is 4.93. The van der Waals surface area contributed by atoms with E-state index in [-0.39, 0.29) is 5.02 Å². The first-order chi connectivity index (χ1) is 5.87. The molecule has 0 atom stereocenters. The van der Waals surface area contributed by atoms with Crippen molar-refractivity contribution < 1.29 is 17.9 Å². The first-order valence-corrected chi connectivity index (χ1v) is 3.70.